The molecule has 1 N–H and O–H groups in total. The summed E-state index contributed by atoms with van der Waals surface area (Å²) in [5.41, 5.74) is 1.12. The van der Waals surface area contributed by atoms with Crippen LogP contribution < -0.4 is 10.1 Å². The molecular formula is C17H16Cl2N4O2S. The summed E-state index contributed by atoms with van der Waals surface area (Å²) in [4.78, 5) is 12.6. The Morgan fingerprint density at radius 1 is 1.35 bits per heavy atom. The van der Waals surface area contributed by atoms with Gasteiger partial charge in [-0.3, -0.25) is 9.20 Å². The summed E-state index contributed by atoms with van der Waals surface area (Å²) in [6, 6.07) is 8.90. The van der Waals surface area contributed by atoms with E-state index in [1.807, 2.05) is 25.1 Å². The fourth-order valence-electron chi connectivity index (χ4n) is 2.28. The van der Waals surface area contributed by atoms with Gasteiger partial charge in [0.15, 0.2) is 10.8 Å². The number of amides is 1. The molecule has 1 aromatic carbocycles. The molecule has 3 rings (SSSR count). The van der Waals surface area contributed by atoms with Gasteiger partial charge >= 0.3 is 0 Å². The summed E-state index contributed by atoms with van der Waals surface area (Å²) in [5.74, 6) is 0.457. The molecule has 2 heterocycles. The first-order valence-corrected chi connectivity index (χ1v) is 9.52. The third-order valence-electron chi connectivity index (χ3n) is 3.49. The first-order chi connectivity index (χ1) is 12.5. The van der Waals surface area contributed by atoms with Gasteiger partial charge in [-0.05, 0) is 32.0 Å². The number of hydrogen-bond donors (Lipinski definition) is 1. The lowest BCUT2D eigenvalue weighted by Crippen LogP contribution is -2.23. The minimum Gasteiger partial charge on any atom is -0.492 e. The number of carbonyl (C=O) groups excluding carboxylic acids is 1. The third-order valence-corrected chi connectivity index (χ3v) is 5.03. The second kappa shape index (κ2) is 8.16. The molecule has 0 spiro atoms. The van der Waals surface area contributed by atoms with E-state index in [1.165, 1.54) is 11.8 Å². The molecule has 0 unspecified atom stereocenters. The van der Waals surface area contributed by atoms with Crippen LogP contribution in [0.15, 0.2) is 41.7 Å². The second-order valence-electron chi connectivity index (χ2n) is 5.36. The van der Waals surface area contributed by atoms with Gasteiger partial charge in [-0.1, -0.05) is 47.1 Å². The number of nitrogens with zero attached hydrogens (tertiary/aromatic N) is 3. The highest BCUT2D eigenvalue weighted by Gasteiger charge is 2.20. The lowest BCUT2D eigenvalue weighted by atomic mass is 10.3. The third kappa shape index (κ3) is 4.06. The molecule has 6 nitrogen and oxygen atoms in total. The van der Waals surface area contributed by atoms with E-state index in [-0.39, 0.29) is 5.91 Å². The molecule has 26 heavy (non-hydrogen) atoms. The Morgan fingerprint density at radius 3 is 2.88 bits per heavy atom. The van der Waals surface area contributed by atoms with Crippen molar-refractivity contribution in [3.8, 4) is 5.75 Å². The molecule has 2 aromatic heterocycles. The van der Waals surface area contributed by atoms with E-state index >= 15 is 0 Å². The Bertz CT molecular complexity index is 948. The standard InChI is InChI=1S/C17H16Cl2N4O2S/c1-3-25-14-7-5-4-6-13(14)20-16(24)10(2)26-17-22-21-15-12(19)8-11(18)9-23(15)17/h4-10H,3H2,1-2H3,(H,20,24)/t10-/m0/s1. The van der Waals surface area contributed by atoms with Gasteiger partial charge in [0.05, 0.1) is 27.6 Å². The summed E-state index contributed by atoms with van der Waals surface area (Å²) < 4.78 is 7.20. The first-order valence-electron chi connectivity index (χ1n) is 7.88. The number of nitrogens with one attached hydrogen (secondary N) is 1. The molecule has 0 aliphatic carbocycles. The van der Waals surface area contributed by atoms with Crippen LogP contribution in [0.4, 0.5) is 5.69 Å². The number of halogens is 2. The predicted molar refractivity (Wildman–Crippen MR) is 105 cm³/mol. The Hall–Kier alpha value is -1.96. The van der Waals surface area contributed by atoms with Crippen LogP contribution in [0, 0.1) is 0 Å². The lowest BCUT2D eigenvalue weighted by molar-refractivity contribution is -0.115. The Morgan fingerprint density at radius 2 is 2.12 bits per heavy atom. The number of anilines is 1. The summed E-state index contributed by atoms with van der Waals surface area (Å²) in [6.07, 6.45) is 1.67. The van der Waals surface area contributed by atoms with Crippen molar-refractivity contribution < 1.29 is 9.53 Å². The van der Waals surface area contributed by atoms with E-state index in [9.17, 15) is 4.79 Å². The number of rotatable bonds is 6. The monoisotopic (exact) mass is 410 g/mol. The zero-order valence-electron chi connectivity index (χ0n) is 14.1. The average molecular weight is 411 g/mol. The molecule has 0 aliphatic heterocycles. The minimum atomic E-state index is -0.421. The summed E-state index contributed by atoms with van der Waals surface area (Å²) in [5, 5.41) is 12.0. The van der Waals surface area contributed by atoms with Crippen LogP contribution in [-0.2, 0) is 4.79 Å². The fourth-order valence-corrected chi connectivity index (χ4v) is 3.61. The number of pyridine rings is 1. The van der Waals surface area contributed by atoms with Crippen LogP contribution in [0.1, 0.15) is 13.8 Å². The van der Waals surface area contributed by atoms with E-state index in [1.54, 1.807) is 29.7 Å². The number of thioether (sulfide) groups is 1. The molecule has 0 radical (unpaired) electrons. The molecule has 1 atom stereocenters. The maximum atomic E-state index is 12.6. The van der Waals surface area contributed by atoms with Gasteiger partial charge in [-0.2, -0.15) is 0 Å². The molecule has 0 fully saturated rings. The normalized spacial score (nSPS) is 12.2. The van der Waals surface area contributed by atoms with Crippen molar-refractivity contribution in [2.45, 2.75) is 24.3 Å². The van der Waals surface area contributed by atoms with Crippen molar-refractivity contribution in [3.05, 3.63) is 46.6 Å². The van der Waals surface area contributed by atoms with E-state index in [4.69, 9.17) is 27.9 Å². The van der Waals surface area contributed by atoms with Crippen LogP contribution in [0.2, 0.25) is 10.0 Å². The van der Waals surface area contributed by atoms with Gasteiger partial charge in [-0.15, -0.1) is 10.2 Å². The van der Waals surface area contributed by atoms with Gasteiger partial charge in [0.2, 0.25) is 5.91 Å². The summed E-state index contributed by atoms with van der Waals surface area (Å²) in [6.45, 7) is 4.20. The number of ether oxygens (including phenoxy) is 1. The molecule has 0 bridgehead atoms. The molecule has 3 aromatic rings. The Labute approximate surface area is 164 Å². The molecule has 0 aliphatic rings. The van der Waals surface area contributed by atoms with E-state index in [0.717, 1.165) is 0 Å². The predicted octanol–water partition coefficient (Wildman–Crippen LogP) is 4.55. The van der Waals surface area contributed by atoms with Crippen LogP contribution in [0.3, 0.4) is 0 Å². The van der Waals surface area contributed by atoms with Crippen molar-refractivity contribution in [3.63, 3.8) is 0 Å². The highest BCUT2D eigenvalue weighted by atomic mass is 35.5. The molecular weight excluding hydrogens is 395 g/mol. The van der Waals surface area contributed by atoms with Crippen LogP contribution in [-0.4, -0.2) is 32.4 Å². The van der Waals surface area contributed by atoms with E-state index < -0.39 is 5.25 Å². The van der Waals surface area contributed by atoms with E-state index in [2.05, 4.69) is 15.5 Å². The molecule has 136 valence electrons. The highest BCUT2D eigenvalue weighted by Crippen LogP contribution is 2.29. The topological polar surface area (TPSA) is 68.5 Å². The van der Waals surface area contributed by atoms with Gasteiger partial charge < -0.3 is 10.1 Å². The quantitative estimate of drug-likeness (QED) is 0.603. The second-order valence-corrected chi connectivity index (χ2v) is 7.51. The number of benzene rings is 1. The summed E-state index contributed by atoms with van der Waals surface area (Å²) >= 11 is 13.4. The van der Waals surface area contributed by atoms with Gasteiger partial charge in [0.1, 0.15) is 5.75 Å². The number of carbonyl (C=O) groups is 1. The number of hydrogen-bond acceptors (Lipinski definition) is 5. The molecule has 0 saturated heterocycles. The average Bonchev–Trinajstić information content (AvgIpc) is 3.00. The molecule has 0 saturated carbocycles. The maximum Gasteiger partial charge on any atom is 0.237 e. The smallest absolute Gasteiger partial charge is 0.237 e. The largest absolute Gasteiger partial charge is 0.492 e. The maximum absolute atomic E-state index is 12.6. The van der Waals surface area contributed by atoms with Crippen molar-refractivity contribution >= 4 is 52.2 Å². The molecule has 9 heteroatoms. The molecule has 1 amide bonds. The number of fused-ring (bicyclic) bond motifs is 1. The van der Waals surface area contributed by atoms with Gasteiger partial charge in [0.25, 0.3) is 0 Å². The summed E-state index contributed by atoms with van der Waals surface area (Å²) in [7, 11) is 0. The van der Waals surface area contributed by atoms with Crippen molar-refractivity contribution in [2.75, 3.05) is 11.9 Å². The van der Waals surface area contributed by atoms with Crippen molar-refractivity contribution in [1.82, 2.24) is 14.6 Å². The zero-order chi connectivity index (χ0) is 18.7. The lowest BCUT2D eigenvalue weighted by Gasteiger charge is -2.14. The number of para-hydroxylation sites is 2. The van der Waals surface area contributed by atoms with Crippen molar-refractivity contribution in [1.29, 1.82) is 0 Å². The Kier molecular flexibility index (Phi) is 5.90. The number of aromatic nitrogens is 3. The van der Waals surface area contributed by atoms with E-state index in [0.29, 0.717) is 38.9 Å². The van der Waals surface area contributed by atoms with Crippen LogP contribution >= 0.6 is 35.0 Å². The SMILES string of the molecule is CCOc1ccccc1NC(=O)[C@H](C)Sc1nnc2c(Cl)cc(Cl)cn12. The first kappa shape index (κ1) is 18.8. The van der Waals surface area contributed by atoms with Crippen LogP contribution in [0.25, 0.3) is 5.65 Å². The van der Waals surface area contributed by atoms with Gasteiger partial charge in [0, 0.05) is 6.20 Å². The fraction of sp³-hybridized carbons (Fsp3) is 0.235. The zero-order valence-corrected chi connectivity index (χ0v) is 16.4. The minimum absolute atomic E-state index is 0.174. The Balaban J connectivity index is 1.76. The van der Waals surface area contributed by atoms with Crippen LogP contribution in [0.5, 0.6) is 5.75 Å². The van der Waals surface area contributed by atoms with Crippen molar-refractivity contribution in [2.24, 2.45) is 0 Å². The highest BCUT2D eigenvalue weighted by molar-refractivity contribution is 8.00. The van der Waals surface area contributed by atoms with Gasteiger partial charge in [-0.25, -0.2) is 0 Å².